The van der Waals surface area contributed by atoms with Crippen LogP contribution >= 0.6 is 11.8 Å². The summed E-state index contributed by atoms with van der Waals surface area (Å²) >= 11 is 1.20. The molecule has 1 N–H and O–H groups in total. The van der Waals surface area contributed by atoms with Crippen LogP contribution in [0.2, 0.25) is 0 Å². The van der Waals surface area contributed by atoms with Crippen molar-refractivity contribution in [1.29, 1.82) is 0 Å². The van der Waals surface area contributed by atoms with Crippen LogP contribution in [0.1, 0.15) is 31.2 Å². The van der Waals surface area contributed by atoms with Gasteiger partial charge in [0.05, 0.1) is 16.3 Å². The Morgan fingerprint density at radius 1 is 1.00 bits per heavy atom. The molecule has 168 valence electrons. The number of carbonyl (C=O) groups excluding carboxylic acids is 2. The molecule has 1 saturated heterocycles. The maximum Gasteiger partial charge on any atom is 0.264 e. The van der Waals surface area contributed by atoms with Crippen molar-refractivity contribution < 1.29 is 18.0 Å². The number of benzene rings is 2. The SMILES string of the molecule is O=C1Nc2cc(S(=O)(=O)N3CCc4ccccc43)ccc2SC1C(=O)N1CCCCCC1. The molecular formula is C23H25N3O4S2. The first-order chi connectivity index (χ1) is 15.4. The number of para-hydroxylation sites is 1. The molecule has 2 amide bonds. The Kier molecular flexibility index (Phi) is 5.63. The van der Waals surface area contributed by atoms with E-state index in [2.05, 4.69) is 5.32 Å². The average molecular weight is 472 g/mol. The van der Waals surface area contributed by atoms with Crippen LogP contribution in [0.15, 0.2) is 52.3 Å². The fourth-order valence-electron chi connectivity index (χ4n) is 4.55. The number of rotatable bonds is 3. The molecular weight excluding hydrogens is 446 g/mol. The van der Waals surface area contributed by atoms with Crippen LogP contribution in [0.3, 0.4) is 0 Å². The molecule has 1 unspecified atom stereocenters. The van der Waals surface area contributed by atoms with Gasteiger partial charge in [-0.3, -0.25) is 13.9 Å². The van der Waals surface area contributed by atoms with Crippen LogP contribution < -0.4 is 9.62 Å². The lowest BCUT2D eigenvalue weighted by Gasteiger charge is -2.29. The number of hydrogen-bond acceptors (Lipinski definition) is 5. The molecule has 0 radical (unpaired) electrons. The largest absolute Gasteiger partial charge is 0.341 e. The normalized spacial score (nSPS) is 20.9. The zero-order valence-corrected chi connectivity index (χ0v) is 19.3. The molecule has 0 bridgehead atoms. The summed E-state index contributed by atoms with van der Waals surface area (Å²) in [5, 5.41) is 1.94. The molecule has 3 aliphatic heterocycles. The fourth-order valence-corrected chi connectivity index (χ4v) is 7.14. The van der Waals surface area contributed by atoms with Crippen LogP contribution in [0.25, 0.3) is 0 Å². The van der Waals surface area contributed by atoms with E-state index >= 15 is 0 Å². The van der Waals surface area contributed by atoms with Crippen LogP contribution in [-0.2, 0) is 26.0 Å². The van der Waals surface area contributed by atoms with E-state index in [1.165, 1.54) is 22.1 Å². The van der Waals surface area contributed by atoms with Gasteiger partial charge >= 0.3 is 0 Å². The summed E-state index contributed by atoms with van der Waals surface area (Å²) in [6, 6.07) is 12.2. The summed E-state index contributed by atoms with van der Waals surface area (Å²) in [5.74, 6) is -0.553. The number of hydrogen-bond donors (Lipinski definition) is 1. The monoisotopic (exact) mass is 471 g/mol. The van der Waals surface area contributed by atoms with Crippen LogP contribution in [0, 0.1) is 0 Å². The molecule has 9 heteroatoms. The predicted octanol–water partition coefficient (Wildman–Crippen LogP) is 3.25. The second kappa shape index (κ2) is 8.44. The average Bonchev–Trinajstić information content (AvgIpc) is 3.05. The maximum atomic E-state index is 13.3. The highest BCUT2D eigenvalue weighted by Crippen LogP contribution is 2.39. The maximum absolute atomic E-state index is 13.3. The van der Waals surface area contributed by atoms with Gasteiger partial charge in [-0.05, 0) is 49.1 Å². The third kappa shape index (κ3) is 3.77. The number of nitrogens with one attached hydrogen (secondary N) is 1. The molecule has 0 aliphatic carbocycles. The summed E-state index contributed by atoms with van der Waals surface area (Å²) in [6.45, 7) is 1.77. The third-order valence-corrected chi connectivity index (χ3v) is 9.34. The summed E-state index contributed by atoms with van der Waals surface area (Å²) in [4.78, 5) is 28.4. The van der Waals surface area contributed by atoms with Crippen molar-refractivity contribution in [2.75, 3.05) is 29.3 Å². The van der Waals surface area contributed by atoms with Crippen LogP contribution in [-0.4, -0.2) is 50.0 Å². The van der Waals surface area contributed by atoms with E-state index in [0.717, 1.165) is 31.2 Å². The van der Waals surface area contributed by atoms with Crippen molar-refractivity contribution in [2.45, 2.75) is 47.1 Å². The minimum Gasteiger partial charge on any atom is -0.341 e. The smallest absolute Gasteiger partial charge is 0.264 e. The van der Waals surface area contributed by atoms with Gasteiger partial charge in [-0.25, -0.2) is 8.42 Å². The third-order valence-electron chi connectivity index (χ3n) is 6.27. The number of sulfonamides is 1. The topological polar surface area (TPSA) is 86.8 Å². The number of thioether (sulfide) groups is 1. The zero-order valence-electron chi connectivity index (χ0n) is 17.6. The molecule has 7 nitrogen and oxygen atoms in total. The quantitative estimate of drug-likeness (QED) is 0.695. The van der Waals surface area contributed by atoms with Gasteiger partial charge in [-0.2, -0.15) is 0 Å². The minimum atomic E-state index is -3.76. The van der Waals surface area contributed by atoms with Crippen molar-refractivity contribution in [3.05, 3.63) is 48.0 Å². The van der Waals surface area contributed by atoms with E-state index in [-0.39, 0.29) is 10.8 Å². The van der Waals surface area contributed by atoms with Gasteiger partial charge in [0, 0.05) is 24.5 Å². The number of nitrogens with zero attached hydrogens (tertiary/aromatic N) is 2. The van der Waals surface area contributed by atoms with Gasteiger partial charge in [-0.15, -0.1) is 11.8 Å². The molecule has 2 aromatic rings. The Bertz CT molecular complexity index is 1170. The van der Waals surface area contributed by atoms with E-state index in [1.807, 2.05) is 24.3 Å². The number of likely N-dealkylation sites (tertiary alicyclic amines) is 1. The van der Waals surface area contributed by atoms with Gasteiger partial charge < -0.3 is 10.2 Å². The van der Waals surface area contributed by atoms with E-state index in [4.69, 9.17) is 0 Å². The Labute approximate surface area is 192 Å². The van der Waals surface area contributed by atoms with Gasteiger partial charge in [0.15, 0.2) is 5.25 Å². The fraction of sp³-hybridized carbons (Fsp3) is 0.391. The van der Waals surface area contributed by atoms with E-state index in [1.54, 1.807) is 17.0 Å². The number of fused-ring (bicyclic) bond motifs is 2. The van der Waals surface area contributed by atoms with Crippen molar-refractivity contribution in [2.24, 2.45) is 0 Å². The Balaban J connectivity index is 1.39. The van der Waals surface area contributed by atoms with E-state index in [0.29, 0.717) is 42.3 Å². The summed E-state index contributed by atoms with van der Waals surface area (Å²) < 4.78 is 28.1. The number of carbonyl (C=O) groups is 2. The van der Waals surface area contributed by atoms with Crippen molar-refractivity contribution in [3.8, 4) is 0 Å². The minimum absolute atomic E-state index is 0.131. The highest BCUT2D eigenvalue weighted by molar-refractivity contribution is 8.01. The molecule has 32 heavy (non-hydrogen) atoms. The summed E-state index contributed by atoms with van der Waals surface area (Å²) in [5.41, 5.74) is 2.15. The van der Waals surface area contributed by atoms with Gasteiger partial charge in [0.1, 0.15) is 0 Å². The van der Waals surface area contributed by atoms with E-state index in [9.17, 15) is 18.0 Å². The molecule has 1 atom stereocenters. The molecule has 3 heterocycles. The van der Waals surface area contributed by atoms with Gasteiger partial charge in [0.25, 0.3) is 10.0 Å². The number of amides is 2. The Morgan fingerprint density at radius 2 is 1.75 bits per heavy atom. The second-order valence-electron chi connectivity index (χ2n) is 8.34. The van der Waals surface area contributed by atoms with E-state index < -0.39 is 21.2 Å². The zero-order chi connectivity index (χ0) is 22.3. The lowest BCUT2D eigenvalue weighted by Crippen LogP contribution is -2.45. The molecule has 0 aromatic heterocycles. The lowest BCUT2D eigenvalue weighted by molar-refractivity contribution is -0.133. The summed E-state index contributed by atoms with van der Waals surface area (Å²) in [7, 11) is -3.76. The van der Waals surface area contributed by atoms with Gasteiger partial charge in [-0.1, -0.05) is 31.0 Å². The van der Waals surface area contributed by atoms with Crippen molar-refractivity contribution in [1.82, 2.24) is 4.90 Å². The second-order valence-corrected chi connectivity index (χ2v) is 11.3. The van der Waals surface area contributed by atoms with Crippen molar-refractivity contribution >= 4 is 45.0 Å². The van der Waals surface area contributed by atoms with Crippen LogP contribution in [0.5, 0.6) is 0 Å². The van der Waals surface area contributed by atoms with Crippen molar-refractivity contribution in [3.63, 3.8) is 0 Å². The van der Waals surface area contributed by atoms with Crippen LogP contribution in [0.4, 0.5) is 11.4 Å². The van der Waals surface area contributed by atoms with Gasteiger partial charge in [0.2, 0.25) is 11.8 Å². The molecule has 0 saturated carbocycles. The highest BCUT2D eigenvalue weighted by Gasteiger charge is 2.37. The number of anilines is 2. The molecule has 2 aromatic carbocycles. The Morgan fingerprint density at radius 3 is 2.53 bits per heavy atom. The molecule has 5 rings (SSSR count). The first-order valence-electron chi connectivity index (χ1n) is 11.0. The first kappa shape index (κ1) is 21.3. The Hall–Kier alpha value is -2.52. The molecule has 0 spiro atoms. The molecule has 1 fully saturated rings. The predicted molar refractivity (Wildman–Crippen MR) is 124 cm³/mol. The highest BCUT2D eigenvalue weighted by atomic mass is 32.2. The first-order valence-corrected chi connectivity index (χ1v) is 13.3. The summed E-state index contributed by atoms with van der Waals surface area (Å²) in [6.07, 6.45) is 4.81. The lowest BCUT2D eigenvalue weighted by atomic mass is 10.2. The molecule has 3 aliphatic rings. The standard InChI is InChI=1S/C23H25N3O4S2/c27-22-21(23(28)25-12-5-1-2-6-13-25)31-20-10-9-17(15-18(20)24-22)32(29,30)26-14-11-16-7-3-4-8-19(16)26/h3-4,7-10,15,21H,1-2,5-6,11-14H2,(H,24,27).